The van der Waals surface area contributed by atoms with Crippen LogP contribution in [-0.2, 0) is 0 Å². The molecule has 0 aliphatic carbocycles. The number of rotatable bonds is 3. The SMILES string of the molecule is O=C(c1cc([N+](=O)[O-])[nH]n1)C(F)F. The summed E-state index contributed by atoms with van der Waals surface area (Å²) in [5.41, 5.74) is -0.637. The molecule has 1 heterocycles. The first kappa shape index (κ1) is 9.23. The molecule has 0 unspecified atom stereocenters. The molecule has 0 aliphatic rings. The Morgan fingerprint density at radius 3 is 2.69 bits per heavy atom. The Labute approximate surface area is 69.7 Å². The predicted molar refractivity (Wildman–Crippen MR) is 35.6 cm³/mol. The number of aromatic nitrogens is 2. The van der Waals surface area contributed by atoms with Gasteiger partial charge in [0, 0.05) is 0 Å². The van der Waals surface area contributed by atoms with Gasteiger partial charge >= 0.3 is 12.2 Å². The van der Waals surface area contributed by atoms with Crippen molar-refractivity contribution < 1.29 is 18.5 Å². The van der Waals surface area contributed by atoms with Crippen LogP contribution in [0.5, 0.6) is 0 Å². The third-order valence-corrected chi connectivity index (χ3v) is 1.21. The van der Waals surface area contributed by atoms with Gasteiger partial charge in [0.25, 0.3) is 5.78 Å². The van der Waals surface area contributed by atoms with Crippen molar-refractivity contribution in [2.75, 3.05) is 0 Å². The van der Waals surface area contributed by atoms with E-state index in [1.54, 1.807) is 0 Å². The molecular formula is C5H3F2N3O3. The molecule has 0 aromatic carbocycles. The van der Waals surface area contributed by atoms with E-state index in [1.165, 1.54) is 0 Å². The number of alkyl halides is 2. The topological polar surface area (TPSA) is 88.9 Å². The zero-order valence-corrected chi connectivity index (χ0v) is 6.03. The molecule has 0 fully saturated rings. The minimum Gasteiger partial charge on any atom is -0.358 e. The summed E-state index contributed by atoms with van der Waals surface area (Å²) in [4.78, 5) is 19.7. The van der Waals surface area contributed by atoms with Gasteiger partial charge in [0.05, 0.1) is 6.07 Å². The molecule has 1 N–H and O–H groups in total. The second-order valence-electron chi connectivity index (χ2n) is 2.06. The van der Waals surface area contributed by atoms with Gasteiger partial charge in [0.1, 0.15) is 0 Å². The normalized spacial score (nSPS) is 10.4. The summed E-state index contributed by atoms with van der Waals surface area (Å²) >= 11 is 0. The van der Waals surface area contributed by atoms with Crippen LogP contribution in [-0.4, -0.2) is 27.3 Å². The molecular weight excluding hydrogens is 188 g/mol. The largest absolute Gasteiger partial charge is 0.358 e. The summed E-state index contributed by atoms with van der Waals surface area (Å²) in [5, 5.41) is 14.9. The average Bonchev–Trinajstić information content (AvgIpc) is 2.50. The molecule has 0 saturated carbocycles. The van der Waals surface area contributed by atoms with Crippen molar-refractivity contribution in [3.63, 3.8) is 0 Å². The van der Waals surface area contributed by atoms with Crippen molar-refractivity contribution in [3.8, 4) is 0 Å². The zero-order valence-electron chi connectivity index (χ0n) is 6.03. The number of ketones is 1. The van der Waals surface area contributed by atoms with E-state index in [-0.39, 0.29) is 0 Å². The Kier molecular flexibility index (Phi) is 2.31. The minimum atomic E-state index is -3.21. The van der Waals surface area contributed by atoms with Crippen LogP contribution in [0.25, 0.3) is 0 Å². The highest BCUT2D eigenvalue weighted by molar-refractivity contribution is 5.97. The molecule has 70 valence electrons. The second kappa shape index (κ2) is 3.25. The van der Waals surface area contributed by atoms with Gasteiger partial charge < -0.3 is 10.1 Å². The smallest absolute Gasteiger partial charge is 0.343 e. The fourth-order valence-corrected chi connectivity index (χ4v) is 0.643. The van der Waals surface area contributed by atoms with Crippen molar-refractivity contribution in [3.05, 3.63) is 21.9 Å². The monoisotopic (exact) mass is 191 g/mol. The van der Waals surface area contributed by atoms with Crippen molar-refractivity contribution in [2.24, 2.45) is 0 Å². The molecule has 8 heteroatoms. The van der Waals surface area contributed by atoms with Crippen LogP contribution in [0.4, 0.5) is 14.6 Å². The molecule has 13 heavy (non-hydrogen) atoms. The summed E-state index contributed by atoms with van der Waals surface area (Å²) in [6, 6.07) is 0.661. The Morgan fingerprint density at radius 1 is 1.69 bits per heavy atom. The van der Waals surface area contributed by atoms with E-state index in [0.29, 0.717) is 6.07 Å². The van der Waals surface area contributed by atoms with Crippen molar-refractivity contribution in [1.82, 2.24) is 10.2 Å². The van der Waals surface area contributed by atoms with E-state index >= 15 is 0 Å². The minimum absolute atomic E-state index is 0.594. The van der Waals surface area contributed by atoms with Gasteiger partial charge in [-0.25, -0.2) is 8.78 Å². The van der Waals surface area contributed by atoms with Gasteiger partial charge in [-0.05, 0) is 4.92 Å². The van der Waals surface area contributed by atoms with E-state index in [2.05, 4.69) is 5.10 Å². The molecule has 0 spiro atoms. The summed E-state index contributed by atoms with van der Waals surface area (Å²) < 4.78 is 23.5. The summed E-state index contributed by atoms with van der Waals surface area (Å²) in [6.07, 6.45) is -3.21. The van der Waals surface area contributed by atoms with E-state index in [9.17, 15) is 23.7 Å². The van der Waals surface area contributed by atoms with Gasteiger partial charge in [-0.1, -0.05) is 5.10 Å². The molecule has 1 aromatic rings. The van der Waals surface area contributed by atoms with E-state index in [1.807, 2.05) is 5.10 Å². The van der Waals surface area contributed by atoms with Crippen molar-refractivity contribution in [2.45, 2.75) is 6.43 Å². The highest BCUT2D eigenvalue weighted by Crippen LogP contribution is 2.11. The van der Waals surface area contributed by atoms with E-state index < -0.39 is 28.6 Å². The number of Topliss-reactive ketones (excluding diaryl/α,β-unsaturated/α-hetero) is 1. The van der Waals surface area contributed by atoms with Crippen LogP contribution in [0.2, 0.25) is 0 Å². The number of nitrogens with one attached hydrogen (secondary N) is 1. The van der Waals surface area contributed by atoms with Crippen LogP contribution >= 0.6 is 0 Å². The molecule has 0 amide bonds. The number of nitro groups is 1. The van der Waals surface area contributed by atoms with E-state index in [0.717, 1.165) is 0 Å². The molecule has 1 aromatic heterocycles. The number of halogens is 2. The lowest BCUT2D eigenvalue weighted by atomic mass is 10.3. The molecule has 0 saturated heterocycles. The number of hydrogen-bond donors (Lipinski definition) is 1. The maximum atomic E-state index is 11.8. The van der Waals surface area contributed by atoms with Crippen molar-refractivity contribution in [1.29, 1.82) is 0 Å². The molecule has 0 atom stereocenters. The maximum absolute atomic E-state index is 11.8. The number of carbonyl (C=O) groups is 1. The van der Waals surface area contributed by atoms with Crippen LogP contribution in [0.1, 0.15) is 10.5 Å². The number of aromatic amines is 1. The van der Waals surface area contributed by atoms with E-state index in [4.69, 9.17) is 0 Å². The first-order valence-electron chi connectivity index (χ1n) is 3.04. The Bertz CT molecular complexity index is 349. The van der Waals surface area contributed by atoms with Gasteiger partial charge in [-0.2, -0.15) is 0 Å². The van der Waals surface area contributed by atoms with Crippen LogP contribution in [0.3, 0.4) is 0 Å². The van der Waals surface area contributed by atoms with Crippen LogP contribution in [0.15, 0.2) is 6.07 Å². The highest BCUT2D eigenvalue weighted by Gasteiger charge is 2.23. The maximum Gasteiger partial charge on any atom is 0.343 e. The standard InChI is InChI=1S/C5H3F2N3O3/c6-5(7)4(11)2-1-3(9-8-2)10(12)13/h1,5H,(H,8,9). The van der Waals surface area contributed by atoms with Crippen LogP contribution in [0, 0.1) is 10.1 Å². The van der Waals surface area contributed by atoms with Gasteiger partial charge in [-0.3, -0.25) is 4.79 Å². The number of hydrogen-bond acceptors (Lipinski definition) is 4. The first-order chi connectivity index (χ1) is 6.02. The number of H-pyrrole nitrogens is 1. The lowest BCUT2D eigenvalue weighted by molar-refractivity contribution is -0.389. The highest BCUT2D eigenvalue weighted by atomic mass is 19.3. The third kappa shape index (κ3) is 1.83. The second-order valence-corrected chi connectivity index (χ2v) is 2.06. The zero-order chi connectivity index (χ0) is 10.0. The van der Waals surface area contributed by atoms with Gasteiger partial charge in [-0.15, -0.1) is 5.10 Å². The molecule has 1 rings (SSSR count). The number of nitrogens with zero attached hydrogens (tertiary/aromatic N) is 2. The quantitative estimate of drug-likeness (QED) is 0.434. The third-order valence-electron chi connectivity index (χ3n) is 1.21. The summed E-state index contributed by atoms with van der Waals surface area (Å²) in [7, 11) is 0. The molecule has 0 bridgehead atoms. The van der Waals surface area contributed by atoms with Gasteiger partial charge in [0.15, 0.2) is 5.69 Å². The lowest BCUT2D eigenvalue weighted by Gasteiger charge is -1.89. The van der Waals surface area contributed by atoms with Crippen LogP contribution < -0.4 is 0 Å². The fourth-order valence-electron chi connectivity index (χ4n) is 0.643. The molecule has 0 aliphatic heterocycles. The Hall–Kier alpha value is -1.86. The van der Waals surface area contributed by atoms with Crippen molar-refractivity contribution >= 4 is 11.6 Å². The Balaban J connectivity index is 2.92. The lowest BCUT2D eigenvalue weighted by Crippen LogP contribution is -2.10. The first-order valence-corrected chi connectivity index (χ1v) is 3.04. The fraction of sp³-hybridized carbons (Fsp3) is 0.200. The van der Waals surface area contributed by atoms with Gasteiger partial charge in [0.2, 0.25) is 0 Å². The summed E-state index contributed by atoms with van der Waals surface area (Å²) in [6.45, 7) is 0. The Morgan fingerprint density at radius 2 is 2.31 bits per heavy atom. The average molecular weight is 191 g/mol. The molecule has 0 radical (unpaired) electrons. The molecule has 6 nitrogen and oxygen atoms in total. The number of carbonyl (C=O) groups excluding carboxylic acids is 1. The summed E-state index contributed by atoms with van der Waals surface area (Å²) in [5.74, 6) is -2.13. The predicted octanol–water partition coefficient (Wildman–Crippen LogP) is 0.766.